The molecule has 0 aromatic heterocycles. The molecule has 0 spiro atoms. The maximum absolute atomic E-state index is 12.1. The van der Waals surface area contributed by atoms with Gasteiger partial charge in [0, 0.05) is 25.0 Å². The van der Waals surface area contributed by atoms with Crippen LogP contribution in [0.2, 0.25) is 0 Å². The Labute approximate surface area is 158 Å². The van der Waals surface area contributed by atoms with Gasteiger partial charge < -0.3 is 15.4 Å². The van der Waals surface area contributed by atoms with Crippen molar-refractivity contribution in [1.82, 2.24) is 4.90 Å². The minimum Gasteiger partial charge on any atom is -0.480 e. The number of hydrogen-bond acceptors (Lipinski definition) is 3. The summed E-state index contributed by atoms with van der Waals surface area (Å²) in [5, 5.41) is 1.87. The third kappa shape index (κ3) is 3.77. The predicted molar refractivity (Wildman–Crippen MR) is 107 cm³/mol. The van der Waals surface area contributed by atoms with Gasteiger partial charge in [0.25, 0.3) is 5.91 Å². The Morgan fingerprint density at radius 1 is 0.963 bits per heavy atom. The van der Waals surface area contributed by atoms with Crippen molar-refractivity contribution in [3.63, 3.8) is 0 Å². The van der Waals surface area contributed by atoms with Crippen molar-refractivity contribution in [2.45, 2.75) is 13.0 Å². The lowest BCUT2D eigenvalue weighted by atomic mass is 9.96. The molecule has 0 saturated carbocycles. The Morgan fingerprint density at radius 2 is 1.67 bits per heavy atom. The van der Waals surface area contributed by atoms with Gasteiger partial charge in [0.2, 0.25) is 5.91 Å². The highest BCUT2D eigenvalue weighted by Gasteiger charge is 2.18. The molecule has 0 aliphatic carbocycles. The van der Waals surface area contributed by atoms with E-state index in [0.29, 0.717) is 11.3 Å². The van der Waals surface area contributed by atoms with Crippen molar-refractivity contribution in [3.8, 4) is 16.9 Å². The maximum Gasteiger partial charge on any atom is 0.262 e. The van der Waals surface area contributed by atoms with Gasteiger partial charge in [0.15, 0.2) is 6.10 Å². The minimum absolute atomic E-state index is 0.0997. The van der Waals surface area contributed by atoms with Crippen LogP contribution in [-0.2, 0) is 4.79 Å². The molecule has 1 atom stereocenters. The summed E-state index contributed by atoms with van der Waals surface area (Å²) in [5.74, 6) is 0.0811. The van der Waals surface area contributed by atoms with Crippen LogP contribution < -0.4 is 10.5 Å². The van der Waals surface area contributed by atoms with Crippen molar-refractivity contribution in [3.05, 3.63) is 66.2 Å². The Kier molecular flexibility index (Phi) is 5.12. The second-order valence-electron chi connectivity index (χ2n) is 6.59. The van der Waals surface area contributed by atoms with Crippen LogP contribution in [0.25, 0.3) is 21.9 Å². The topological polar surface area (TPSA) is 72.6 Å². The molecule has 5 heteroatoms. The van der Waals surface area contributed by atoms with E-state index in [9.17, 15) is 9.59 Å². The standard InChI is InChI=1S/C22H22N2O3/c1-14(22(26)24(2)3)27-20-12-11-17(18-9-4-5-10-19(18)20)15-7-6-8-16(13-15)21(23)25/h4-14H,1-3H3,(H2,23,25). The summed E-state index contributed by atoms with van der Waals surface area (Å²) in [5.41, 5.74) is 7.73. The number of fused-ring (bicyclic) bond motifs is 1. The SMILES string of the molecule is CC(Oc1ccc(-c2cccc(C(N)=O)c2)c2ccccc12)C(=O)N(C)C. The number of carbonyl (C=O) groups is 2. The summed E-state index contributed by atoms with van der Waals surface area (Å²) in [7, 11) is 3.41. The van der Waals surface area contributed by atoms with E-state index in [0.717, 1.165) is 21.9 Å². The minimum atomic E-state index is -0.590. The molecular weight excluding hydrogens is 340 g/mol. The molecule has 0 saturated heterocycles. The molecule has 5 nitrogen and oxygen atoms in total. The summed E-state index contributed by atoms with van der Waals surface area (Å²) in [6.45, 7) is 1.74. The second kappa shape index (κ2) is 7.50. The number of likely N-dealkylation sites (N-methyl/N-ethyl adjacent to an activating group) is 1. The van der Waals surface area contributed by atoms with Crippen molar-refractivity contribution in [2.75, 3.05) is 14.1 Å². The molecule has 0 bridgehead atoms. The molecule has 3 aromatic carbocycles. The zero-order valence-corrected chi connectivity index (χ0v) is 15.6. The lowest BCUT2D eigenvalue weighted by Gasteiger charge is -2.20. The second-order valence-corrected chi connectivity index (χ2v) is 6.59. The highest BCUT2D eigenvalue weighted by Crippen LogP contribution is 2.35. The molecule has 2 N–H and O–H groups in total. The van der Waals surface area contributed by atoms with E-state index in [-0.39, 0.29) is 5.91 Å². The Bertz CT molecular complexity index is 1010. The zero-order chi connectivity index (χ0) is 19.6. The number of carbonyl (C=O) groups excluding carboxylic acids is 2. The number of benzene rings is 3. The monoisotopic (exact) mass is 362 g/mol. The smallest absolute Gasteiger partial charge is 0.262 e. The van der Waals surface area contributed by atoms with Crippen LogP contribution in [0.4, 0.5) is 0 Å². The number of amides is 2. The van der Waals surface area contributed by atoms with Gasteiger partial charge in [-0.25, -0.2) is 0 Å². The highest BCUT2D eigenvalue weighted by molar-refractivity contribution is 6.01. The van der Waals surface area contributed by atoms with E-state index in [2.05, 4.69) is 0 Å². The molecule has 3 rings (SSSR count). The van der Waals surface area contributed by atoms with Gasteiger partial charge in [-0.1, -0.05) is 42.5 Å². The Hall–Kier alpha value is -3.34. The largest absolute Gasteiger partial charge is 0.480 e. The molecular formula is C22H22N2O3. The van der Waals surface area contributed by atoms with E-state index in [1.54, 1.807) is 33.2 Å². The predicted octanol–water partition coefficient (Wildman–Crippen LogP) is 3.46. The number of nitrogens with two attached hydrogens (primary N) is 1. The molecule has 0 aliphatic heterocycles. The molecule has 0 heterocycles. The average Bonchev–Trinajstić information content (AvgIpc) is 2.67. The van der Waals surface area contributed by atoms with Gasteiger partial charge in [0.1, 0.15) is 5.75 Å². The lowest BCUT2D eigenvalue weighted by molar-refractivity contribution is -0.135. The van der Waals surface area contributed by atoms with E-state index in [1.165, 1.54) is 4.90 Å². The van der Waals surface area contributed by atoms with Crippen LogP contribution in [0, 0.1) is 0 Å². The van der Waals surface area contributed by atoms with Crippen LogP contribution >= 0.6 is 0 Å². The highest BCUT2D eigenvalue weighted by atomic mass is 16.5. The summed E-state index contributed by atoms with van der Waals surface area (Å²) in [6.07, 6.45) is -0.590. The van der Waals surface area contributed by atoms with Gasteiger partial charge in [-0.2, -0.15) is 0 Å². The third-order valence-corrected chi connectivity index (χ3v) is 4.43. The molecule has 138 valence electrons. The first-order valence-corrected chi connectivity index (χ1v) is 8.68. The fourth-order valence-corrected chi connectivity index (χ4v) is 3.07. The van der Waals surface area contributed by atoms with Crippen LogP contribution in [0.3, 0.4) is 0 Å². The van der Waals surface area contributed by atoms with Gasteiger partial charge in [-0.05, 0) is 41.6 Å². The maximum atomic E-state index is 12.1. The molecule has 2 amide bonds. The van der Waals surface area contributed by atoms with E-state index >= 15 is 0 Å². The lowest BCUT2D eigenvalue weighted by Crippen LogP contribution is -2.35. The van der Waals surface area contributed by atoms with Crippen molar-refractivity contribution in [1.29, 1.82) is 0 Å². The van der Waals surface area contributed by atoms with Gasteiger partial charge in [0.05, 0.1) is 0 Å². The van der Waals surface area contributed by atoms with Gasteiger partial charge >= 0.3 is 0 Å². The summed E-state index contributed by atoms with van der Waals surface area (Å²) in [6, 6.07) is 18.8. The van der Waals surface area contributed by atoms with E-state index < -0.39 is 12.0 Å². The third-order valence-electron chi connectivity index (χ3n) is 4.43. The van der Waals surface area contributed by atoms with Gasteiger partial charge in [-0.3, -0.25) is 9.59 Å². The molecule has 3 aromatic rings. The summed E-state index contributed by atoms with van der Waals surface area (Å²) in [4.78, 5) is 25.1. The molecule has 0 aliphatic rings. The Morgan fingerprint density at radius 3 is 2.33 bits per heavy atom. The number of rotatable bonds is 5. The van der Waals surface area contributed by atoms with E-state index in [1.807, 2.05) is 48.5 Å². The van der Waals surface area contributed by atoms with Crippen LogP contribution in [0.15, 0.2) is 60.7 Å². The fraction of sp³-hybridized carbons (Fsp3) is 0.182. The molecule has 0 fully saturated rings. The van der Waals surface area contributed by atoms with Crippen molar-refractivity contribution >= 4 is 22.6 Å². The van der Waals surface area contributed by atoms with Crippen LogP contribution in [0.1, 0.15) is 17.3 Å². The Balaban J connectivity index is 2.07. The normalized spacial score (nSPS) is 11.8. The van der Waals surface area contributed by atoms with Gasteiger partial charge in [-0.15, -0.1) is 0 Å². The number of nitrogens with zero attached hydrogens (tertiary/aromatic N) is 1. The molecule has 0 radical (unpaired) electrons. The molecule has 27 heavy (non-hydrogen) atoms. The number of ether oxygens (including phenoxy) is 1. The first-order valence-electron chi connectivity index (χ1n) is 8.68. The van der Waals surface area contributed by atoms with Crippen molar-refractivity contribution in [2.24, 2.45) is 5.73 Å². The zero-order valence-electron chi connectivity index (χ0n) is 15.6. The number of primary amides is 1. The summed E-state index contributed by atoms with van der Waals surface area (Å²) >= 11 is 0. The average molecular weight is 362 g/mol. The van der Waals surface area contributed by atoms with Crippen molar-refractivity contribution < 1.29 is 14.3 Å². The van der Waals surface area contributed by atoms with Crippen LogP contribution in [-0.4, -0.2) is 36.9 Å². The quantitative estimate of drug-likeness (QED) is 0.755. The summed E-state index contributed by atoms with van der Waals surface area (Å²) < 4.78 is 5.94. The van der Waals surface area contributed by atoms with Crippen LogP contribution in [0.5, 0.6) is 5.75 Å². The molecule has 1 unspecified atom stereocenters. The number of hydrogen-bond donors (Lipinski definition) is 1. The van der Waals surface area contributed by atoms with E-state index in [4.69, 9.17) is 10.5 Å². The fourth-order valence-electron chi connectivity index (χ4n) is 3.07. The first kappa shape index (κ1) is 18.5. The first-order chi connectivity index (χ1) is 12.9.